The van der Waals surface area contributed by atoms with Crippen LogP contribution in [0, 0.1) is 0 Å². The molecule has 0 atom stereocenters. The molecule has 0 heterocycles. The Morgan fingerprint density at radius 3 is 2.56 bits per heavy atom. The van der Waals surface area contributed by atoms with Gasteiger partial charge in [-0.25, -0.2) is 0 Å². The number of unbranched alkanes of at least 4 members (excludes halogenated alkanes) is 1. The number of rotatable bonds is 3. The van der Waals surface area contributed by atoms with Crippen LogP contribution < -0.4 is 0 Å². The second kappa shape index (κ2) is 7.75. The number of fused-ring (bicyclic) bond motifs is 1. The van der Waals surface area contributed by atoms with Crippen LogP contribution in [0.2, 0.25) is 0 Å². The van der Waals surface area contributed by atoms with Crippen LogP contribution in [0.25, 0.3) is 6.08 Å². The van der Waals surface area contributed by atoms with E-state index in [0.29, 0.717) is 0 Å². The number of benzene rings is 1. The van der Waals surface area contributed by atoms with Crippen LogP contribution in [0.4, 0.5) is 6.18 Å². The summed E-state index contributed by atoms with van der Waals surface area (Å²) in [6.07, 6.45) is 7.47. The van der Waals surface area contributed by atoms with Crippen LogP contribution in [0.5, 0.6) is 0 Å². The SMILES string of the molecule is CCCCC1=Cc2ccccc2C1.[F][Ti][F]. The molecule has 0 aromatic heterocycles. The van der Waals surface area contributed by atoms with Gasteiger partial charge in [-0.3, -0.25) is 0 Å². The Kier molecular flexibility index (Phi) is 6.59. The van der Waals surface area contributed by atoms with Gasteiger partial charge in [0, 0.05) is 0 Å². The van der Waals surface area contributed by atoms with Crippen molar-refractivity contribution in [2.45, 2.75) is 32.6 Å². The van der Waals surface area contributed by atoms with Crippen LogP contribution in [0.1, 0.15) is 37.3 Å². The molecule has 86 valence electrons. The van der Waals surface area contributed by atoms with Gasteiger partial charge in [0.2, 0.25) is 0 Å². The topological polar surface area (TPSA) is 0 Å². The normalized spacial score (nSPS) is 12.3. The third kappa shape index (κ3) is 4.19. The van der Waals surface area contributed by atoms with Gasteiger partial charge in [0.15, 0.2) is 0 Å². The fourth-order valence-corrected chi connectivity index (χ4v) is 1.92. The third-order valence-electron chi connectivity index (χ3n) is 2.68. The zero-order valence-electron chi connectivity index (χ0n) is 9.47. The quantitative estimate of drug-likeness (QED) is 0.692. The fraction of sp³-hybridized carbons (Fsp3) is 0.385. The van der Waals surface area contributed by atoms with Crippen molar-refractivity contribution in [1.82, 2.24) is 0 Å². The van der Waals surface area contributed by atoms with E-state index < -0.39 is 20.2 Å². The Balaban J connectivity index is 0.000000386. The van der Waals surface area contributed by atoms with E-state index in [9.17, 15) is 6.18 Å². The number of hydrogen-bond acceptors (Lipinski definition) is 0. The van der Waals surface area contributed by atoms with Crippen molar-refractivity contribution in [3.8, 4) is 0 Å². The monoisotopic (exact) mass is 258 g/mol. The molecule has 0 N–H and O–H groups in total. The first-order chi connectivity index (χ1) is 7.81. The molecule has 1 aliphatic carbocycles. The van der Waals surface area contributed by atoms with Crippen LogP contribution in [-0.4, -0.2) is 0 Å². The van der Waals surface area contributed by atoms with Gasteiger partial charge in [-0.05, 0) is 30.4 Å². The van der Waals surface area contributed by atoms with E-state index in [1.807, 2.05) is 0 Å². The molecule has 0 bridgehead atoms. The summed E-state index contributed by atoms with van der Waals surface area (Å²) in [6, 6.07) is 8.71. The van der Waals surface area contributed by atoms with Crippen molar-refractivity contribution in [3.63, 3.8) is 0 Å². The first-order valence-electron chi connectivity index (χ1n) is 5.55. The molecule has 0 fully saturated rings. The molecule has 0 radical (unpaired) electrons. The molecule has 1 aromatic rings. The molecule has 3 heteroatoms. The molecular formula is C13H16F2Ti. The minimum atomic E-state index is -2.50. The Labute approximate surface area is 106 Å². The van der Waals surface area contributed by atoms with Crippen molar-refractivity contribution in [2.75, 3.05) is 0 Å². The Morgan fingerprint density at radius 1 is 1.25 bits per heavy atom. The molecule has 0 nitrogen and oxygen atoms in total. The van der Waals surface area contributed by atoms with Crippen molar-refractivity contribution >= 4 is 6.08 Å². The van der Waals surface area contributed by atoms with Crippen LogP contribution in [0.3, 0.4) is 0 Å². The number of hydrogen-bond donors (Lipinski definition) is 0. The summed E-state index contributed by atoms with van der Waals surface area (Å²) in [7, 11) is 0. The van der Waals surface area contributed by atoms with Gasteiger partial charge in [-0.2, -0.15) is 0 Å². The Hall–Kier alpha value is -0.466. The molecule has 1 aliphatic rings. The molecule has 2 rings (SSSR count). The molecule has 16 heavy (non-hydrogen) atoms. The van der Waals surface area contributed by atoms with E-state index >= 15 is 0 Å². The van der Waals surface area contributed by atoms with Crippen molar-refractivity contribution < 1.29 is 26.4 Å². The average Bonchev–Trinajstić information content (AvgIpc) is 2.70. The first-order valence-corrected chi connectivity index (χ1v) is 6.73. The third-order valence-corrected chi connectivity index (χ3v) is 2.68. The summed E-state index contributed by atoms with van der Waals surface area (Å²) in [5.41, 5.74) is 4.56. The summed E-state index contributed by atoms with van der Waals surface area (Å²) in [4.78, 5) is 0. The van der Waals surface area contributed by atoms with E-state index in [2.05, 4.69) is 37.3 Å². The predicted octanol–water partition coefficient (Wildman–Crippen LogP) is 4.65. The standard InChI is InChI=1S/C13H16.2FH.Ti/c1-2-3-6-11-9-12-7-4-5-8-13(12)10-11;;;/h4-5,7-9H,2-3,6,10H2,1H3;2*1H;/q;;;+2/p-2. The van der Waals surface area contributed by atoms with Gasteiger partial charge in [-0.1, -0.05) is 49.3 Å². The summed E-state index contributed by atoms with van der Waals surface area (Å²) in [5, 5.41) is 0. The van der Waals surface area contributed by atoms with Crippen molar-refractivity contribution in [1.29, 1.82) is 0 Å². The predicted molar refractivity (Wildman–Crippen MR) is 59.9 cm³/mol. The molecular weight excluding hydrogens is 242 g/mol. The molecule has 0 spiro atoms. The molecule has 0 unspecified atom stereocenters. The van der Waals surface area contributed by atoms with Crippen LogP contribution in [0.15, 0.2) is 29.8 Å². The van der Waals surface area contributed by atoms with Crippen LogP contribution >= 0.6 is 0 Å². The summed E-state index contributed by atoms with van der Waals surface area (Å²) in [5.74, 6) is 0. The Morgan fingerprint density at radius 2 is 1.94 bits per heavy atom. The summed E-state index contributed by atoms with van der Waals surface area (Å²) < 4.78 is 19.5. The van der Waals surface area contributed by atoms with Gasteiger partial charge < -0.3 is 0 Å². The molecule has 0 saturated carbocycles. The van der Waals surface area contributed by atoms with Gasteiger partial charge >= 0.3 is 26.4 Å². The summed E-state index contributed by atoms with van der Waals surface area (Å²) in [6.45, 7) is 2.25. The van der Waals surface area contributed by atoms with Gasteiger partial charge in [0.1, 0.15) is 0 Å². The van der Waals surface area contributed by atoms with Crippen LogP contribution in [-0.2, 0) is 26.6 Å². The molecule has 0 saturated heterocycles. The number of allylic oxidation sites excluding steroid dienone is 1. The van der Waals surface area contributed by atoms with E-state index in [1.54, 1.807) is 5.57 Å². The second-order valence-electron chi connectivity index (χ2n) is 3.85. The van der Waals surface area contributed by atoms with E-state index in [1.165, 1.54) is 36.8 Å². The first kappa shape index (κ1) is 13.6. The zero-order valence-corrected chi connectivity index (χ0v) is 11.0. The van der Waals surface area contributed by atoms with Crippen molar-refractivity contribution in [2.24, 2.45) is 0 Å². The fourth-order valence-electron chi connectivity index (χ4n) is 1.92. The number of halogens is 2. The maximum atomic E-state index is 9.75. The van der Waals surface area contributed by atoms with Gasteiger partial charge in [-0.15, -0.1) is 0 Å². The van der Waals surface area contributed by atoms with Gasteiger partial charge in [0.25, 0.3) is 0 Å². The average molecular weight is 258 g/mol. The second-order valence-corrected chi connectivity index (χ2v) is 4.08. The van der Waals surface area contributed by atoms with Crippen molar-refractivity contribution in [3.05, 3.63) is 41.0 Å². The van der Waals surface area contributed by atoms with E-state index in [0.717, 1.165) is 0 Å². The van der Waals surface area contributed by atoms with Gasteiger partial charge in [0.05, 0.1) is 0 Å². The summed E-state index contributed by atoms with van der Waals surface area (Å²) >= 11 is -2.50. The van der Waals surface area contributed by atoms with E-state index in [4.69, 9.17) is 0 Å². The molecule has 0 amide bonds. The Bertz CT molecular complexity index is 348. The molecule has 1 aromatic carbocycles. The molecule has 0 aliphatic heterocycles. The minimum absolute atomic E-state index is 1.19. The maximum absolute atomic E-state index is 9.75. The van der Waals surface area contributed by atoms with E-state index in [-0.39, 0.29) is 0 Å². The zero-order chi connectivity index (χ0) is 11.8.